The summed E-state index contributed by atoms with van der Waals surface area (Å²) in [6.45, 7) is -7.38. The molecule has 16 heteroatoms. The van der Waals surface area contributed by atoms with E-state index in [1.165, 1.54) is 17.0 Å². The van der Waals surface area contributed by atoms with Gasteiger partial charge in [0.15, 0.2) is 0 Å². The van der Waals surface area contributed by atoms with E-state index in [1.807, 2.05) is 0 Å². The van der Waals surface area contributed by atoms with E-state index >= 15 is 0 Å². The first-order valence-corrected chi connectivity index (χ1v) is 18.9. The van der Waals surface area contributed by atoms with E-state index in [0.29, 0.717) is 50.2 Å². The van der Waals surface area contributed by atoms with Crippen LogP contribution >= 0.6 is 0 Å². The monoisotopic (exact) mass is 753 g/mol. The summed E-state index contributed by atoms with van der Waals surface area (Å²) in [7, 11) is -4.04. The number of carbonyl (C=O) groups excluding carboxylic acids is 5. The molecule has 0 unspecified atom stereocenters. The van der Waals surface area contributed by atoms with Crippen LogP contribution in [0, 0.1) is 11.7 Å². The fraction of sp³-hybridized carbons (Fsp3) is 0.639. The van der Waals surface area contributed by atoms with Gasteiger partial charge in [0.1, 0.15) is 35.1 Å². The lowest BCUT2D eigenvalue weighted by molar-refractivity contribution is -0.141. The number of hydrogen-bond acceptors (Lipinski definition) is 9. The number of carbonyl (C=O) groups is 5. The van der Waals surface area contributed by atoms with Gasteiger partial charge in [-0.1, -0.05) is 44.1 Å². The van der Waals surface area contributed by atoms with Crippen molar-refractivity contribution >= 4 is 39.9 Å². The zero-order valence-corrected chi connectivity index (χ0v) is 29.4. The van der Waals surface area contributed by atoms with Gasteiger partial charge in [0.2, 0.25) is 21.8 Å². The fourth-order valence-electron chi connectivity index (χ4n) is 6.94. The van der Waals surface area contributed by atoms with E-state index in [4.69, 9.17) is 20.4 Å². The fourth-order valence-corrected chi connectivity index (χ4v) is 8.30. The lowest BCUT2D eigenvalue weighted by Crippen LogP contribution is -2.58. The SMILES string of the molecule is [2H]C([2H])([2H])C(OC(=O)N[C@H]1CCCCC/C=C/[C@@H]2C[C@@]2(C(=O)NS(=O)(=O)C2CC2)NC(=O)[C@@H]2C[C@@H](OC(=O)N3Cc4cccc(F)c4C3)CN2C1=O)(C([2H])([2H])[2H])C([2H])([2H])C. The second kappa shape index (κ2) is 14.7. The van der Waals surface area contributed by atoms with E-state index in [9.17, 15) is 36.8 Å². The van der Waals surface area contributed by atoms with Gasteiger partial charge < -0.3 is 25.0 Å². The van der Waals surface area contributed by atoms with E-state index in [0.717, 1.165) is 4.90 Å². The van der Waals surface area contributed by atoms with Crippen LogP contribution in [0.3, 0.4) is 0 Å². The van der Waals surface area contributed by atoms with Crippen LogP contribution in [0.4, 0.5) is 14.0 Å². The first-order valence-electron chi connectivity index (χ1n) is 21.4. The van der Waals surface area contributed by atoms with Gasteiger partial charge in [-0.3, -0.25) is 24.0 Å². The summed E-state index contributed by atoms with van der Waals surface area (Å²) >= 11 is 0. The molecule has 3 aliphatic heterocycles. The molecule has 52 heavy (non-hydrogen) atoms. The molecule has 0 radical (unpaired) electrons. The highest BCUT2D eigenvalue weighted by atomic mass is 32.2. The molecule has 5 atom stereocenters. The maximum atomic E-state index is 14.6. The standard InChI is InChI=1S/C36H48FN5O9S/c1-4-35(2,3)51-33(46)38-28-14-9-7-5-6-8-12-23-18-36(23,32(45)40-52(48,49)25-15-16-25)39-30(43)29-17-24(20-42(29)31(28)44)50-34(47)41-19-22-11-10-13-27(37)26(22)21-41/h8,10-13,23-25,28-29H,4-7,9,14-21H2,1-3H3,(H,38,46)(H,39,43)(H,40,45)/b12-8+/t23-,24-,28+,29+,36-/m1/s1/i2D3,3D3,4D2. The molecule has 3 fully saturated rings. The van der Waals surface area contributed by atoms with Crippen LogP contribution in [0.2, 0.25) is 0 Å². The summed E-state index contributed by atoms with van der Waals surface area (Å²) in [5, 5.41) is 4.12. The molecule has 1 saturated heterocycles. The smallest absolute Gasteiger partial charge is 0.410 e. The Balaban J connectivity index is 1.30. The molecule has 3 N–H and O–H groups in total. The van der Waals surface area contributed by atoms with E-state index < -0.39 is 113 Å². The second-order valence-corrected chi connectivity index (χ2v) is 16.0. The minimum atomic E-state index is -4.04. The Morgan fingerprint density at radius 2 is 1.94 bits per heavy atom. The number of sulfonamides is 1. The number of nitrogens with zero attached hydrogens (tertiary/aromatic N) is 2. The molecule has 3 heterocycles. The van der Waals surface area contributed by atoms with Gasteiger partial charge in [-0.05, 0) is 70.2 Å². The molecule has 5 amide bonds. The van der Waals surface area contributed by atoms with E-state index in [2.05, 4.69) is 15.4 Å². The van der Waals surface area contributed by atoms with Crippen LogP contribution in [0.1, 0.15) is 107 Å². The van der Waals surface area contributed by atoms with Crippen LogP contribution in [0.5, 0.6) is 0 Å². The number of benzene rings is 1. The van der Waals surface area contributed by atoms with Crippen molar-refractivity contribution in [2.75, 3.05) is 6.54 Å². The normalized spacial score (nSPS) is 31.7. The third kappa shape index (κ3) is 8.21. The van der Waals surface area contributed by atoms with Gasteiger partial charge in [-0.15, -0.1) is 0 Å². The van der Waals surface area contributed by atoms with Gasteiger partial charge in [-0.2, -0.15) is 0 Å². The molecule has 0 spiro atoms. The first kappa shape index (κ1) is 28.3. The highest BCUT2D eigenvalue weighted by molar-refractivity contribution is 7.91. The number of hydrogen-bond donors (Lipinski definition) is 3. The predicted molar refractivity (Wildman–Crippen MR) is 185 cm³/mol. The first-order chi connectivity index (χ1) is 27.8. The molecule has 2 saturated carbocycles. The summed E-state index contributed by atoms with van der Waals surface area (Å²) < 4.78 is 117. The lowest BCUT2D eigenvalue weighted by Gasteiger charge is -2.30. The Morgan fingerprint density at radius 3 is 2.65 bits per heavy atom. The number of allylic oxidation sites excluding steroid dienone is 1. The maximum Gasteiger partial charge on any atom is 0.410 e. The van der Waals surface area contributed by atoms with Crippen molar-refractivity contribution in [2.45, 2.75) is 132 Å². The predicted octanol–water partition coefficient (Wildman–Crippen LogP) is 3.53. The molecule has 1 aromatic rings. The van der Waals surface area contributed by atoms with Crippen molar-refractivity contribution in [3.05, 3.63) is 47.3 Å². The van der Waals surface area contributed by atoms with Crippen molar-refractivity contribution in [3.63, 3.8) is 0 Å². The molecular weight excluding hydrogens is 697 g/mol. The van der Waals surface area contributed by atoms with Crippen molar-refractivity contribution in [1.82, 2.24) is 25.2 Å². The third-order valence-electron chi connectivity index (χ3n) is 10.2. The highest BCUT2D eigenvalue weighted by Gasteiger charge is 2.62. The Morgan fingerprint density at radius 1 is 1.15 bits per heavy atom. The van der Waals surface area contributed by atoms with Crippen LogP contribution in [0.15, 0.2) is 30.4 Å². The molecule has 5 aliphatic rings. The summed E-state index contributed by atoms with van der Waals surface area (Å²) in [5.41, 5.74) is -4.57. The topological polar surface area (TPSA) is 181 Å². The van der Waals surface area contributed by atoms with Crippen molar-refractivity contribution < 1.29 is 57.2 Å². The van der Waals surface area contributed by atoms with E-state index in [-0.39, 0.29) is 38.8 Å². The minimum absolute atomic E-state index is 0.0132. The van der Waals surface area contributed by atoms with Crippen molar-refractivity contribution in [2.24, 2.45) is 5.92 Å². The third-order valence-corrected chi connectivity index (χ3v) is 12.0. The second-order valence-electron chi connectivity index (χ2n) is 14.0. The molecule has 0 bridgehead atoms. The lowest BCUT2D eigenvalue weighted by atomic mass is 10.0. The Kier molecular flexibility index (Phi) is 7.98. The van der Waals surface area contributed by atoms with Crippen LogP contribution in [-0.2, 0) is 47.0 Å². The average molecular weight is 754 g/mol. The van der Waals surface area contributed by atoms with Crippen molar-refractivity contribution in [3.8, 4) is 0 Å². The molecule has 1 aromatic carbocycles. The Bertz CT molecular complexity index is 2010. The molecule has 6 rings (SSSR count). The van der Waals surface area contributed by atoms with Gasteiger partial charge in [0.25, 0.3) is 5.91 Å². The highest BCUT2D eigenvalue weighted by Crippen LogP contribution is 2.46. The number of rotatable bonds is 7. The Hall–Kier alpha value is -4.21. The number of alkyl carbamates (subject to hydrolysis) is 1. The molecule has 2 aliphatic carbocycles. The quantitative estimate of drug-likeness (QED) is 0.351. The van der Waals surface area contributed by atoms with Crippen LogP contribution in [0.25, 0.3) is 0 Å². The molecular formula is C36H48FN5O9S. The van der Waals surface area contributed by atoms with Gasteiger partial charge in [0, 0.05) is 35.4 Å². The number of ether oxygens (including phenoxy) is 2. The molecule has 284 valence electrons. The number of halogens is 1. The van der Waals surface area contributed by atoms with Gasteiger partial charge in [-0.25, -0.2) is 22.4 Å². The van der Waals surface area contributed by atoms with Gasteiger partial charge >= 0.3 is 12.2 Å². The summed E-state index contributed by atoms with van der Waals surface area (Å²) in [5.74, 6) is -3.99. The molecule has 14 nitrogen and oxygen atoms in total. The average Bonchev–Trinajstić information content (AvgIpc) is 4.01. The largest absolute Gasteiger partial charge is 0.444 e. The zero-order chi connectivity index (χ0) is 44.2. The zero-order valence-electron chi connectivity index (χ0n) is 36.6. The number of nitrogens with one attached hydrogen (secondary N) is 3. The van der Waals surface area contributed by atoms with Crippen molar-refractivity contribution in [1.29, 1.82) is 0 Å². The van der Waals surface area contributed by atoms with E-state index in [1.54, 1.807) is 18.2 Å². The number of amides is 5. The minimum Gasteiger partial charge on any atom is -0.444 e. The summed E-state index contributed by atoms with van der Waals surface area (Å²) in [6, 6.07) is 1.27. The van der Waals surface area contributed by atoms with Gasteiger partial charge in [0.05, 0.1) is 18.3 Å². The van der Waals surface area contributed by atoms with Crippen LogP contribution < -0.4 is 15.4 Å². The Labute approximate surface area is 314 Å². The maximum absolute atomic E-state index is 14.6. The summed E-state index contributed by atoms with van der Waals surface area (Å²) in [4.78, 5) is 71.8. The summed E-state index contributed by atoms with van der Waals surface area (Å²) in [6.07, 6.45) is -1.48. The molecule has 0 aromatic heterocycles. The van der Waals surface area contributed by atoms with Crippen LogP contribution in [-0.4, -0.2) is 89.2 Å². The number of fused-ring (bicyclic) bond motifs is 3.